The van der Waals surface area contributed by atoms with Gasteiger partial charge in [0.15, 0.2) is 5.03 Å². The summed E-state index contributed by atoms with van der Waals surface area (Å²) in [5.74, 6) is 0. The summed E-state index contributed by atoms with van der Waals surface area (Å²) in [5, 5.41) is 3.82. The third-order valence-corrected chi connectivity index (χ3v) is 4.61. The molecule has 1 heterocycles. The van der Waals surface area contributed by atoms with E-state index in [4.69, 9.17) is 11.6 Å². The molecule has 0 saturated carbocycles. The molecule has 0 aliphatic heterocycles. The molecule has 8 heteroatoms. The van der Waals surface area contributed by atoms with Crippen LogP contribution >= 0.6 is 27.5 Å². The maximum atomic E-state index is 12.1. The van der Waals surface area contributed by atoms with Gasteiger partial charge in [0, 0.05) is 17.2 Å². The van der Waals surface area contributed by atoms with E-state index in [-0.39, 0.29) is 10.0 Å². The molecule has 0 unspecified atom stereocenters. The number of hydrogen-bond donors (Lipinski definition) is 1. The number of benzene rings is 1. The number of anilines is 1. The normalized spacial score (nSPS) is 11.5. The van der Waals surface area contributed by atoms with Gasteiger partial charge in [-0.3, -0.25) is 9.40 Å². The summed E-state index contributed by atoms with van der Waals surface area (Å²) in [6.45, 7) is 0. The van der Waals surface area contributed by atoms with Gasteiger partial charge in [0.1, 0.15) is 0 Å². The van der Waals surface area contributed by atoms with E-state index in [1.807, 2.05) is 0 Å². The minimum atomic E-state index is -3.74. The van der Waals surface area contributed by atoms with Crippen LogP contribution in [0.15, 0.2) is 40.0 Å². The summed E-state index contributed by atoms with van der Waals surface area (Å²) in [6.07, 6.45) is 1.29. The zero-order valence-electron chi connectivity index (χ0n) is 9.26. The molecule has 0 spiro atoms. The second-order valence-corrected chi connectivity index (χ2v) is 6.45. The van der Waals surface area contributed by atoms with Gasteiger partial charge >= 0.3 is 0 Å². The number of aryl methyl sites for hydroxylation is 1. The van der Waals surface area contributed by atoms with Crippen molar-refractivity contribution in [3.8, 4) is 0 Å². The van der Waals surface area contributed by atoms with Crippen LogP contribution in [0.5, 0.6) is 0 Å². The monoisotopic (exact) mass is 349 g/mol. The number of sulfonamides is 1. The van der Waals surface area contributed by atoms with E-state index in [0.29, 0.717) is 5.69 Å². The van der Waals surface area contributed by atoms with Crippen molar-refractivity contribution in [2.75, 3.05) is 4.72 Å². The largest absolute Gasteiger partial charge is 0.280 e. The summed E-state index contributed by atoms with van der Waals surface area (Å²) in [5.41, 5.74) is 0.454. The first-order valence-corrected chi connectivity index (χ1v) is 7.51. The topological polar surface area (TPSA) is 64.0 Å². The number of nitrogens with one attached hydrogen (secondary N) is 1. The quantitative estimate of drug-likeness (QED) is 0.925. The van der Waals surface area contributed by atoms with Crippen LogP contribution in [0.3, 0.4) is 0 Å². The second-order valence-electron chi connectivity index (χ2n) is 3.53. The predicted octanol–water partition coefficient (Wildman–Crippen LogP) is 2.64. The lowest BCUT2D eigenvalue weighted by atomic mass is 10.3. The van der Waals surface area contributed by atoms with Gasteiger partial charge < -0.3 is 0 Å². The van der Waals surface area contributed by atoms with Crippen molar-refractivity contribution >= 4 is 43.2 Å². The van der Waals surface area contributed by atoms with Crippen molar-refractivity contribution in [3.05, 3.63) is 40.0 Å². The fourth-order valence-electron chi connectivity index (χ4n) is 1.42. The van der Waals surface area contributed by atoms with Crippen LogP contribution in [0.2, 0.25) is 5.02 Å². The first-order chi connectivity index (χ1) is 8.40. The highest BCUT2D eigenvalue weighted by molar-refractivity contribution is 9.10. The minimum absolute atomic E-state index is 0.0629. The molecule has 2 rings (SSSR count). The van der Waals surface area contributed by atoms with Crippen LogP contribution in [0, 0.1) is 0 Å². The van der Waals surface area contributed by atoms with Gasteiger partial charge in [0.2, 0.25) is 0 Å². The first kappa shape index (κ1) is 13.4. The zero-order chi connectivity index (χ0) is 13.3. The van der Waals surface area contributed by atoms with Crippen LogP contribution in [0.25, 0.3) is 0 Å². The number of halogens is 2. The molecule has 0 radical (unpaired) electrons. The van der Waals surface area contributed by atoms with Crippen molar-refractivity contribution in [1.82, 2.24) is 9.78 Å². The lowest BCUT2D eigenvalue weighted by molar-refractivity contribution is 0.582. The molecule has 0 bridgehead atoms. The van der Waals surface area contributed by atoms with Gasteiger partial charge in [-0.1, -0.05) is 27.5 Å². The summed E-state index contributed by atoms with van der Waals surface area (Å²) in [7, 11) is -2.23. The van der Waals surface area contributed by atoms with Crippen molar-refractivity contribution in [1.29, 1.82) is 0 Å². The van der Waals surface area contributed by atoms with Crippen LogP contribution < -0.4 is 4.72 Å². The van der Waals surface area contributed by atoms with Gasteiger partial charge in [-0.15, -0.1) is 0 Å². The Balaban J connectivity index is 2.36. The molecule has 1 N–H and O–H groups in total. The van der Waals surface area contributed by atoms with Gasteiger partial charge in [-0.05, 0) is 24.3 Å². The molecule has 96 valence electrons. The number of hydrogen-bond acceptors (Lipinski definition) is 3. The van der Waals surface area contributed by atoms with E-state index in [9.17, 15) is 8.42 Å². The van der Waals surface area contributed by atoms with E-state index in [1.165, 1.54) is 17.9 Å². The summed E-state index contributed by atoms with van der Waals surface area (Å²) < 4.78 is 28.8. The van der Waals surface area contributed by atoms with Crippen molar-refractivity contribution in [2.24, 2.45) is 7.05 Å². The molecule has 5 nitrogen and oxygen atoms in total. The lowest BCUT2D eigenvalue weighted by Crippen LogP contribution is -2.17. The average molecular weight is 351 g/mol. The van der Waals surface area contributed by atoms with E-state index >= 15 is 0 Å². The maximum absolute atomic E-state index is 12.1. The highest BCUT2D eigenvalue weighted by Gasteiger charge is 2.22. The Kier molecular flexibility index (Phi) is 3.65. The SMILES string of the molecule is Cn1ncc(Cl)c1S(=O)(=O)Nc1ccc(Br)cc1. The molecule has 2 aromatic rings. The predicted molar refractivity (Wildman–Crippen MR) is 73.2 cm³/mol. The van der Waals surface area contributed by atoms with Gasteiger partial charge in [0.05, 0.1) is 11.2 Å². The van der Waals surface area contributed by atoms with Crippen molar-refractivity contribution < 1.29 is 8.42 Å². The molecule has 0 atom stereocenters. The zero-order valence-corrected chi connectivity index (χ0v) is 12.4. The fraction of sp³-hybridized carbons (Fsp3) is 0.100. The highest BCUT2D eigenvalue weighted by atomic mass is 79.9. The Bertz CT molecular complexity index is 647. The summed E-state index contributed by atoms with van der Waals surface area (Å²) in [4.78, 5) is 0. The smallest absolute Gasteiger partial charge is 0.278 e. The van der Waals surface area contributed by atoms with Crippen LogP contribution in [-0.4, -0.2) is 18.2 Å². The van der Waals surface area contributed by atoms with E-state index in [1.54, 1.807) is 24.3 Å². The van der Waals surface area contributed by atoms with Crippen LogP contribution in [0.1, 0.15) is 0 Å². The molecule has 0 amide bonds. The Hall–Kier alpha value is -1.05. The summed E-state index contributed by atoms with van der Waals surface area (Å²) in [6, 6.07) is 6.77. The molecule has 18 heavy (non-hydrogen) atoms. The molecule has 0 aliphatic rings. The molecule has 0 fully saturated rings. The average Bonchev–Trinajstić information content (AvgIpc) is 2.62. The molecular weight excluding hydrogens is 342 g/mol. The third-order valence-electron chi connectivity index (χ3n) is 2.19. The van der Waals surface area contributed by atoms with Crippen LogP contribution in [0.4, 0.5) is 5.69 Å². The minimum Gasteiger partial charge on any atom is -0.278 e. The molecule has 1 aromatic heterocycles. The van der Waals surface area contributed by atoms with Gasteiger partial charge in [-0.25, -0.2) is 0 Å². The highest BCUT2D eigenvalue weighted by Crippen LogP contribution is 2.23. The Morgan fingerprint density at radius 3 is 2.44 bits per heavy atom. The fourth-order valence-corrected chi connectivity index (χ4v) is 3.41. The Morgan fingerprint density at radius 1 is 1.33 bits per heavy atom. The van der Waals surface area contributed by atoms with Crippen molar-refractivity contribution in [3.63, 3.8) is 0 Å². The van der Waals surface area contributed by atoms with Gasteiger partial charge in [-0.2, -0.15) is 13.5 Å². The van der Waals surface area contributed by atoms with Gasteiger partial charge in [0.25, 0.3) is 10.0 Å². The van der Waals surface area contributed by atoms with E-state index in [2.05, 4.69) is 25.8 Å². The number of aromatic nitrogens is 2. The molecule has 1 aromatic carbocycles. The Morgan fingerprint density at radius 2 is 1.94 bits per heavy atom. The number of rotatable bonds is 3. The number of nitrogens with zero attached hydrogens (tertiary/aromatic N) is 2. The molecule has 0 aliphatic carbocycles. The molecule has 0 saturated heterocycles. The third kappa shape index (κ3) is 2.68. The Labute approximate surface area is 118 Å². The van der Waals surface area contributed by atoms with E-state index < -0.39 is 10.0 Å². The standard InChI is InChI=1S/C10H9BrClN3O2S/c1-15-10(9(12)6-13-15)18(16,17)14-8-4-2-7(11)3-5-8/h2-6,14H,1H3. The maximum Gasteiger partial charge on any atom is 0.280 e. The van der Waals surface area contributed by atoms with E-state index in [0.717, 1.165) is 4.47 Å². The van der Waals surface area contributed by atoms with Crippen molar-refractivity contribution in [2.45, 2.75) is 5.03 Å². The van der Waals surface area contributed by atoms with Crippen LogP contribution in [-0.2, 0) is 17.1 Å². The first-order valence-electron chi connectivity index (χ1n) is 4.86. The lowest BCUT2D eigenvalue weighted by Gasteiger charge is -2.08. The molecular formula is C10H9BrClN3O2S. The second kappa shape index (κ2) is 4.91. The summed E-state index contributed by atoms with van der Waals surface area (Å²) >= 11 is 9.09.